The van der Waals surface area contributed by atoms with Gasteiger partial charge in [-0.05, 0) is 61.6 Å². The maximum Gasteiger partial charge on any atom is 0.319 e. The molecule has 0 atom stereocenters. The van der Waals surface area contributed by atoms with E-state index in [1.807, 2.05) is 44.3 Å². The zero-order chi connectivity index (χ0) is 17.1. The molecule has 2 amide bonds. The molecule has 0 unspecified atom stereocenters. The third-order valence-corrected chi connectivity index (χ3v) is 4.32. The average Bonchev–Trinajstić information content (AvgIpc) is 2.96. The summed E-state index contributed by atoms with van der Waals surface area (Å²) >= 11 is 0. The number of nitrogens with one attached hydrogen (secondary N) is 3. The highest BCUT2D eigenvalue weighted by Crippen LogP contribution is 2.22. The first kappa shape index (κ1) is 16.1. The van der Waals surface area contributed by atoms with Crippen molar-refractivity contribution in [1.29, 1.82) is 0 Å². The second-order valence-corrected chi connectivity index (χ2v) is 6.26. The lowest BCUT2D eigenvalue weighted by Crippen LogP contribution is -2.30. The first-order chi connectivity index (χ1) is 11.5. The molecule has 0 saturated carbocycles. The number of aromatic nitrogens is 1. The number of hydrogen-bond acceptors (Lipinski definition) is 1. The predicted octanol–water partition coefficient (Wildman–Crippen LogP) is 4.46. The number of aromatic amines is 1. The zero-order valence-electron chi connectivity index (χ0n) is 14.4. The molecule has 0 aliphatic rings. The first-order valence-electron chi connectivity index (χ1n) is 8.22. The van der Waals surface area contributed by atoms with E-state index in [1.165, 1.54) is 16.5 Å². The molecule has 0 spiro atoms. The van der Waals surface area contributed by atoms with Crippen LogP contribution < -0.4 is 10.6 Å². The van der Waals surface area contributed by atoms with Gasteiger partial charge in [-0.15, -0.1) is 0 Å². The van der Waals surface area contributed by atoms with Crippen molar-refractivity contribution in [2.24, 2.45) is 0 Å². The van der Waals surface area contributed by atoms with E-state index in [1.54, 1.807) is 0 Å². The van der Waals surface area contributed by atoms with E-state index in [0.717, 1.165) is 28.8 Å². The Hall–Kier alpha value is -2.75. The molecule has 1 aromatic heterocycles. The lowest BCUT2D eigenvalue weighted by atomic mass is 10.1. The Morgan fingerprint density at radius 3 is 2.75 bits per heavy atom. The predicted molar refractivity (Wildman–Crippen MR) is 99.7 cm³/mol. The van der Waals surface area contributed by atoms with Gasteiger partial charge in [-0.3, -0.25) is 0 Å². The fourth-order valence-electron chi connectivity index (χ4n) is 3.00. The monoisotopic (exact) mass is 321 g/mol. The molecule has 2 aromatic carbocycles. The number of H-pyrrole nitrogens is 1. The van der Waals surface area contributed by atoms with Crippen molar-refractivity contribution < 1.29 is 4.79 Å². The second kappa shape index (κ2) is 6.79. The number of urea groups is 1. The van der Waals surface area contributed by atoms with Gasteiger partial charge in [0.1, 0.15) is 0 Å². The molecule has 24 heavy (non-hydrogen) atoms. The van der Waals surface area contributed by atoms with Crippen LogP contribution in [0.1, 0.15) is 22.3 Å². The van der Waals surface area contributed by atoms with Crippen molar-refractivity contribution in [3.8, 4) is 0 Å². The zero-order valence-corrected chi connectivity index (χ0v) is 14.4. The van der Waals surface area contributed by atoms with Crippen molar-refractivity contribution in [2.75, 3.05) is 11.9 Å². The van der Waals surface area contributed by atoms with Gasteiger partial charge in [-0.2, -0.15) is 0 Å². The summed E-state index contributed by atoms with van der Waals surface area (Å²) in [6, 6.07) is 12.1. The Morgan fingerprint density at radius 1 is 1.08 bits per heavy atom. The molecule has 0 aliphatic heterocycles. The number of fused-ring (bicyclic) bond motifs is 1. The topological polar surface area (TPSA) is 56.9 Å². The van der Waals surface area contributed by atoms with E-state index in [-0.39, 0.29) is 6.03 Å². The fourth-order valence-corrected chi connectivity index (χ4v) is 3.00. The van der Waals surface area contributed by atoms with Crippen LogP contribution in [0.5, 0.6) is 0 Å². The molecule has 0 fully saturated rings. The Morgan fingerprint density at radius 2 is 1.92 bits per heavy atom. The second-order valence-electron chi connectivity index (χ2n) is 6.26. The van der Waals surface area contributed by atoms with Gasteiger partial charge in [0, 0.05) is 29.3 Å². The van der Waals surface area contributed by atoms with E-state index < -0.39 is 0 Å². The Labute approximate surface area is 142 Å². The molecule has 0 radical (unpaired) electrons. The maximum atomic E-state index is 12.1. The minimum Gasteiger partial charge on any atom is -0.361 e. The summed E-state index contributed by atoms with van der Waals surface area (Å²) in [7, 11) is 0. The lowest BCUT2D eigenvalue weighted by Gasteiger charge is -2.10. The highest BCUT2D eigenvalue weighted by atomic mass is 16.2. The Kier molecular flexibility index (Phi) is 4.56. The van der Waals surface area contributed by atoms with Crippen LogP contribution in [0.3, 0.4) is 0 Å². The molecule has 3 rings (SSSR count). The molecule has 124 valence electrons. The number of benzene rings is 2. The highest BCUT2D eigenvalue weighted by Gasteiger charge is 2.08. The summed E-state index contributed by atoms with van der Waals surface area (Å²) in [6.45, 7) is 6.71. The molecule has 0 aliphatic carbocycles. The summed E-state index contributed by atoms with van der Waals surface area (Å²) < 4.78 is 0. The first-order valence-corrected chi connectivity index (χ1v) is 8.22. The summed E-state index contributed by atoms with van der Waals surface area (Å²) in [4.78, 5) is 15.4. The highest BCUT2D eigenvalue weighted by molar-refractivity contribution is 5.90. The number of rotatable bonds is 4. The third-order valence-electron chi connectivity index (χ3n) is 4.32. The van der Waals surface area contributed by atoms with Gasteiger partial charge < -0.3 is 15.6 Å². The number of anilines is 1. The average molecular weight is 321 g/mol. The van der Waals surface area contributed by atoms with E-state index in [9.17, 15) is 4.79 Å². The quantitative estimate of drug-likeness (QED) is 0.653. The minimum atomic E-state index is -0.166. The molecular weight excluding hydrogens is 298 g/mol. The molecule has 4 nitrogen and oxygen atoms in total. The number of carbonyl (C=O) groups excluding carboxylic acids is 1. The van der Waals surface area contributed by atoms with Crippen LogP contribution in [-0.2, 0) is 6.42 Å². The van der Waals surface area contributed by atoms with Crippen LogP contribution >= 0.6 is 0 Å². The summed E-state index contributed by atoms with van der Waals surface area (Å²) in [6.07, 6.45) is 2.83. The molecule has 4 heteroatoms. The molecule has 0 bridgehead atoms. The van der Waals surface area contributed by atoms with Gasteiger partial charge in [-0.25, -0.2) is 4.79 Å². The van der Waals surface area contributed by atoms with E-state index in [4.69, 9.17) is 0 Å². The number of aryl methyl sites for hydroxylation is 3. The molecule has 3 N–H and O–H groups in total. The SMILES string of the molecule is Cc1ccc(C)c(NC(=O)NCCc2c[nH]c3cccc(C)c23)c1. The molecule has 3 aromatic rings. The third kappa shape index (κ3) is 3.43. The van der Waals surface area contributed by atoms with E-state index >= 15 is 0 Å². The van der Waals surface area contributed by atoms with Crippen LogP contribution in [-0.4, -0.2) is 17.6 Å². The molecule has 0 saturated heterocycles. The van der Waals surface area contributed by atoms with Crippen molar-refractivity contribution in [3.63, 3.8) is 0 Å². The van der Waals surface area contributed by atoms with Crippen LogP contribution in [0.2, 0.25) is 0 Å². The largest absolute Gasteiger partial charge is 0.361 e. The van der Waals surface area contributed by atoms with Crippen LogP contribution in [0.15, 0.2) is 42.6 Å². The van der Waals surface area contributed by atoms with Gasteiger partial charge in [-0.1, -0.05) is 24.3 Å². The Bertz CT molecular complexity index is 880. The van der Waals surface area contributed by atoms with Crippen molar-refractivity contribution >= 4 is 22.6 Å². The van der Waals surface area contributed by atoms with E-state index in [2.05, 4.69) is 34.7 Å². The van der Waals surface area contributed by atoms with Gasteiger partial charge in [0.05, 0.1) is 0 Å². The van der Waals surface area contributed by atoms with Gasteiger partial charge in [0.15, 0.2) is 0 Å². The van der Waals surface area contributed by atoms with Crippen LogP contribution in [0.25, 0.3) is 10.9 Å². The number of carbonyl (C=O) groups is 1. The molecular formula is C20H23N3O. The maximum absolute atomic E-state index is 12.1. The van der Waals surface area contributed by atoms with Crippen molar-refractivity contribution in [1.82, 2.24) is 10.3 Å². The summed E-state index contributed by atoms with van der Waals surface area (Å²) in [5.41, 5.74) is 6.67. The summed E-state index contributed by atoms with van der Waals surface area (Å²) in [5, 5.41) is 7.12. The number of hydrogen-bond donors (Lipinski definition) is 3. The number of amides is 2. The van der Waals surface area contributed by atoms with Crippen molar-refractivity contribution in [2.45, 2.75) is 27.2 Å². The van der Waals surface area contributed by atoms with Crippen molar-refractivity contribution in [3.05, 3.63) is 64.8 Å². The Balaban J connectivity index is 1.59. The minimum absolute atomic E-state index is 0.166. The summed E-state index contributed by atoms with van der Waals surface area (Å²) in [5.74, 6) is 0. The lowest BCUT2D eigenvalue weighted by molar-refractivity contribution is 0.252. The van der Waals surface area contributed by atoms with Gasteiger partial charge >= 0.3 is 6.03 Å². The van der Waals surface area contributed by atoms with Gasteiger partial charge in [0.2, 0.25) is 0 Å². The van der Waals surface area contributed by atoms with Crippen LogP contribution in [0.4, 0.5) is 10.5 Å². The fraction of sp³-hybridized carbons (Fsp3) is 0.250. The normalized spacial score (nSPS) is 10.8. The van der Waals surface area contributed by atoms with Gasteiger partial charge in [0.25, 0.3) is 0 Å². The van der Waals surface area contributed by atoms with Crippen LogP contribution in [0, 0.1) is 20.8 Å². The standard InChI is InChI=1S/C20H23N3O/c1-13-7-8-14(2)18(11-13)23-20(24)21-10-9-16-12-22-17-6-4-5-15(3)19(16)17/h4-8,11-12,22H,9-10H2,1-3H3,(H2,21,23,24). The molecule has 1 heterocycles. The smallest absolute Gasteiger partial charge is 0.319 e. The van der Waals surface area contributed by atoms with E-state index in [0.29, 0.717) is 6.54 Å².